The maximum atomic E-state index is 12.1. The molecule has 1 fully saturated rings. The fourth-order valence-electron chi connectivity index (χ4n) is 3.43. The number of hydrogen-bond acceptors (Lipinski definition) is 6. The summed E-state index contributed by atoms with van der Waals surface area (Å²) in [5.74, 6) is 1.05. The van der Waals surface area contributed by atoms with E-state index in [1.807, 2.05) is 19.2 Å². The number of benzene rings is 1. The number of carbonyl (C=O) groups excluding carboxylic acids is 1. The van der Waals surface area contributed by atoms with Gasteiger partial charge in [0.25, 0.3) is 0 Å². The predicted octanol–water partition coefficient (Wildman–Crippen LogP) is 2.07. The molecule has 0 radical (unpaired) electrons. The molecule has 24 heavy (non-hydrogen) atoms. The van der Waals surface area contributed by atoms with Crippen LogP contribution in [-0.4, -0.2) is 40.3 Å². The zero-order valence-corrected chi connectivity index (χ0v) is 14.3. The number of nitrogens with zero attached hydrogens (tertiary/aromatic N) is 4. The van der Waals surface area contributed by atoms with E-state index in [2.05, 4.69) is 27.8 Å². The summed E-state index contributed by atoms with van der Waals surface area (Å²) < 4.78 is 6.55. The van der Waals surface area contributed by atoms with Crippen molar-refractivity contribution in [3.8, 4) is 5.69 Å². The number of ether oxygens (including phenoxy) is 1. The average molecular weight is 329 g/mol. The van der Waals surface area contributed by atoms with Gasteiger partial charge < -0.3 is 10.1 Å². The molecule has 1 N–H and O–H groups in total. The van der Waals surface area contributed by atoms with Crippen LogP contribution < -0.4 is 5.32 Å². The molecule has 1 saturated carbocycles. The van der Waals surface area contributed by atoms with Crippen molar-refractivity contribution in [2.45, 2.75) is 38.1 Å². The lowest BCUT2D eigenvalue weighted by molar-refractivity contribution is 0.0600. The second kappa shape index (κ2) is 6.68. The van der Waals surface area contributed by atoms with E-state index in [4.69, 9.17) is 4.74 Å². The summed E-state index contributed by atoms with van der Waals surface area (Å²) in [6, 6.07) is 7.22. The molecule has 0 unspecified atom stereocenters. The number of rotatable bonds is 4. The highest BCUT2D eigenvalue weighted by molar-refractivity contribution is 5.93. The van der Waals surface area contributed by atoms with Crippen molar-refractivity contribution in [2.75, 3.05) is 14.2 Å². The SMILES string of the molecule is CNC1(c2nnnn2-c2ccccc2C(=O)OC)CCC(C)CC1. The Labute approximate surface area is 141 Å². The third-order valence-electron chi connectivity index (χ3n) is 5.04. The highest BCUT2D eigenvalue weighted by Gasteiger charge is 2.39. The van der Waals surface area contributed by atoms with E-state index < -0.39 is 5.97 Å². The van der Waals surface area contributed by atoms with Gasteiger partial charge in [-0.2, -0.15) is 4.68 Å². The number of hydrogen-bond donors (Lipinski definition) is 1. The first-order chi connectivity index (χ1) is 11.6. The minimum Gasteiger partial charge on any atom is -0.465 e. The second-order valence-electron chi connectivity index (χ2n) is 6.44. The molecule has 7 nitrogen and oxygen atoms in total. The molecule has 2 aromatic rings. The van der Waals surface area contributed by atoms with Crippen LogP contribution in [0.5, 0.6) is 0 Å². The number of para-hydroxylation sites is 1. The highest BCUT2D eigenvalue weighted by Crippen LogP contribution is 2.38. The van der Waals surface area contributed by atoms with Crippen LogP contribution >= 0.6 is 0 Å². The van der Waals surface area contributed by atoms with Gasteiger partial charge in [0.15, 0.2) is 5.82 Å². The maximum Gasteiger partial charge on any atom is 0.340 e. The molecule has 0 saturated heterocycles. The molecular weight excluding hydrogens is 306 g/mol. The molecule has 0 spiro atoms. The number of esters is 1. The third-order valence-corrected chi connectivity index (χ3v) is 5.04. The molecule has 1 aromatic heterocycles. The Morgan fingerprint density at radius 2 is 2.04 bits per heavy atom. The second-order valence-corrected chi connectivity index (χ2v) is 6.44. The van der Waals surface area contributed by atoms with Gasteiger partial charge in [0.2, 0.25) is 0 Å². The Bertz CT molecular complexity index is 719. The summed E-state index contributed by atoms with van der Waals surface area (Å²) in [6.45, 7) is 2.27. The van der Waals surface area contributed by atoms with Crippen LogP contribution in [0.2, 0.25) is 0 Å². The number of methoxy groups -OCH3 is 1. The molecule has 1 aliphatic rings. The average Bonchev–Trinajstić information content (AvgIpc) is 3.12. The van der Waals surface area contributed by atoms with E-state index in [0.717, 1.165) is 31.5 Å². The topological polar surface area (TPSA) is 81.9 Å². The van der Waals surface area contributed by atoms with Crippen molar-refractivity contribution < 1.29 is 9.53 Å². The number of nitrogens with one attached hydrogen (secondary N) is 1. The maximum absolute atomic E-state index is 12.1. The summed E-state index contributed by atoms with van der Waals surface area (Å²) in [5, 5.41) is 15.8. The molecular formula is C17H23N5O2. The number of tetrazole rings is 1. The van der Waals surface area contributed by atoms with E-state index in [1.54, 1.807) is 16.8 Å². The first-order valence-electron chi connectivity index (χ1n) is 8.27. The van der Waals surface area contributed by atoms with Crippen LogP contribution in [0.15, 0.2) is 24.3 Å². The molecule has 7 heteroatoms. The minimum atomic E-state index is -0.400. The van der Waals surface area contributed by atoms with Crippen LogP contribution in [0.1, 0.15) is 48.8 Å². The Morgan fingerprint density at radius 3 is 2.71 bits per heavy atom. The molecule has 128 valence electrons. The summed E-state index contributed by atoms with van der Waals surface area (Å²) >= 11 is 0. The lowest BCUT2D eigenvalue weighted by Gasteiger charge is -2.38. The van der Waals surface area contributed by atoms with Gasteiger partial charge in [0, 0.05) is 0 Å². The molecule has 0 amide bonds. The normalized spacial score (nSPS) is 23.9. The molecule has 0 bridgehead atoms. The van der Waals surface area contributed by atoms with Crippen LogP contribution in [0.3, 0.4) is 0 Å². The van der Waals surface area contributed by atoms with E-state index >= 15 is 0 Å². The van der Waals surface area contributed by atoms with Gasteiger partial charge in [-0.05, 0) is 61.2 Å². The summed E-state index contributed by atoms with van der Waals surface area (Å²) in [6.07, 6.45) is 4.16. The zero-order chi connectivity index (χ0) is 17.2. The van der Waals surface area contributed by atoms with Crippen LogP contribution in [0.25, 0.3) is 5.69 Å². The largest absolute Gasteiger partial charge is 0.465 e. The van der Waals surface area contributed by atoms with Crippen molar-refractivity contribution in [1.29, 1.82) is 0 Å². The smallest absolute Gasteiger partial charge is 0.340 e. The van der Waals surface area contributed by atoms with Gasteiger partial charge in [-0.3, -0.25) is 0 Å². The Balaban J connectivity index is 2.07. The van der Waals surface area contributed by atoms with Crippen molar-refractivity contribution in [3.05, 3.63) is 35.7 Å². The van der Waals surface area contributed by atoms with Crippen molar-refractivity contribution in [2.24, 2.45) is 5.92 Å². The zero-order valence-electron chi connectivity index (χ0n) is 14.3. The van der Waals surface area contributed by atoms with Crippen LogP contribution in [0, 0.1) is 5.92 Å². The van der Waals surface area contributed by atoms with Gasteiger partial charge in [-0.25, -0.2) is 4.79 Å². The van der Waals surface area contributed by atoms with Gasteiger partial charge >= 0.3 is 5.97 Å². The fourth-order valence-corrected chi connectivity index (χ4v) is 3.43. The first-order valence-corrected chi connectivity index (χ1v) is 8.27. The van der Waals surface area contributed by atoms with Gasteiger partial charge in [0.1, 0.15) is 0 Å². The first kappa shape index (κ1) is 16.6. The summed E-state index contributed by atoms with van der Waals surface area (Å²) in [7, 11) is 3.32. The van der Waals surface area contributed by atoms with Gasteiger partial charge in [0.05, 0.1) is 23.9 Å². The van der Waals surface area contributed by atoms with Gasteiger partial charge in [-0.1, -0.05) is 19.1 Å². The van der Waals surface area contributed by atoms with Crippen LogP contribution in [-0.2, 0) is 10.3 Å². The van der Waals surface area contributed by atoms with E-state index in [-0.39, 0.29) is 5.54 Å². The number of aromatic nitrogens is 4. The highest BCUT2D eigenvalue weighted by atomic mass is 16.5. The van der Waals surface area contributed by atoms with Gasteiger partial charge in [-0.15, -0.1) is 5.10 Å². The Hall–Kier alpha value is -2.28. The molecule has 0 atom stereocenters. The minimum absolute atomic E-state index is 0.279. The predicted molar refractivity (Wildman–Crippen MR) is 88.9 cm³/mol. The monoisotopic (exact) mass is 329 g/mol. The molecule has 0 aliphatic heterocycles. The summed E-state index contributed by atoms with van der Waals surface area (Å²) in [5.41, 5.74) is 0.806. The van der Waals surface area contributed by atoms with Crippen molar-refractivity contribution >= 4 is 5.97 Å². The molecule has 3 rings (SSSR count). The molecule has 1 aliphatic carbocycles. The van der Waals surface area contributed by atoms with Crippen molar-refractivity contribution in [1.82, 2.24) is 25.5 Å². The molecule has 1 aromatic carbocycles. The standard InChI is InChI=1S/C17H23N5O2/c1-12-8-10-17(18-2,11-9-12)16-19-20-21-22(16)14-7-5-4-6-13(14)15(23)24-3/h4-7,12,18H,8-11H2,1-3H3. The van der Waals surface area contributed by atoms with Crippen molar-refractivity contribution in [3.63, 3.8) is 0 Å². The quantitative estimate of drug-likeness (QED) is 0.865. The molecule has 1 heterocycles. The summed E-state index contributed by atoms with van der Waals surface area (Å²) in [4.78, 5) is 12.1. The Kier molecular flexibility index (Phi) is 4.62. The lowest BCUT2D eigenvalue weighted by Crippen LogP contribution is -2.45. The van der Waals surface area contributed by atoms with E-state index in [9.17, 15) is 4.79 Å². The fraction of sp³-hybridized carbons (Fsp3) is 0.529. The Morgan fingerprint density at radius 1 is 1.33 bits per heavy atom. The van der Waals surface area contributed by atoms with Crippen LogP contribution in [0.4, 0.5) is 0 Å². The third kappa shape index (κ3) is 2.80. The van der Waals surface area contributed by atoms with E-state index in [1.165, 1.54) is 7.11 Å². The van der Waals surface area contributed by atoms with E-state index in [0.29, 0.717) is 17.2 Å². The lowest BCUT2D eigenvalue weighted by atomic mass is 9.76. The number of carbonyl (C=O) groups is 1.